The fourth-order valence-corrected chi connectivity index (χ4v) is 24.6. The van der Waals surface area contributed by atoms with Gasteiger partial charge in [-0.3, -0.25) is 0 Å². The molecule has 226 valence electrons. The Kier molecular flexibility index (Phi) is 7.30. The fraction of sp³-hybridized carbons (Fsp3) is 0.326. The molecule has 0 spiro atoms. The third kappa shape index (κ3) is 4.69. The van der Waals surface area contributed by atoms with Crippen molar-refractivity contribution in [2.45, 2.75) is 86.5 Å². The minimum atomic E-state index is -4.85. The standard InChI is InChI=1S/C21H25.C7H9.2C7H7.CH2.Zr/c1-20(2,3)16-9-7-14-11-15-8-10-17(21(4,5)6)13-19(15)18(14)12-16;1-6-3-4-7(2)5-6;2*1-7-5-3-2-4-6-7;;/h7,9-10,12-13H,11H2,1-6H3;3,5,7H,1-2H3;2*3-6H,1H3;1H2;. The Morgan fingerprint density at radius 2 is 1.18 bits per heavy atom. The van der Waals surface area contributed by atoms with Gasteiger partial charge in [-0.05, 0) is 0 Å². The van der Waals surface area contributed by atoms with Gasteiger partial charge in [0.2, 0.25) is 0 Å². The van der Waals surface area contributed by atoms with Crippen molar-refractivity contribution in [3.05, 3.63) is 133 Å². The Morgan fingerprint density at radius 1 is 0.659 bits per heavy atom. The number of allylic oxidation sites excluding steroid dienone is 4. The van der Waals surface area contributed by atoms with E-state index in [1.54, 1.807) is 3.28 Å². The van der Waals surface area contributed by atoms with Crippen molar-refractivity contribution >= 4 is 14.0 Å². The molecule has 0 fully saturated rings. The molecule has 6 rings (SSSR count). The zero-order chi connectivity index (χ0) is 31.8. The van der Waals surface area contributed by atoms with Gasteiger partial charge >= 0.3 is 269 Å². The fourth-order valence-electron chi connectivity index (χ4n) is 8.05. The van der Waals surface area contributed by atoms with Gasteiger partial charge in [-0.1, -0.05) is 0 Å². The topological polar surface area (TPSA) is 0 Å². The number of fused-ring (bicyclic) bond motifs is 3. The van der Waals surface area contributed by atoms with Crippen molar-refractivity contribution in [3.8, 4) is 11.1 Å². The minimum absolute atomic E-state index is 0.00746. The van der Waals surface area contributed by atoms with E-state index in [1.807, 2.05) is 0 Å². The second-order valence-electron chi connectivity index (χ2n) is 16.1. The molecule has 0 N–H and O–H groups in total. The average molecular weight is 658 g/mol. The first kappa shape index (κ1) is 31.1. The normalized spacial score (nSPS) is 16.8. The van der Waals surface area contributed by atoms with Gasteiger partial charge in [-0.15, -0.1) is 0 Å². The molecule has 0 saturated carbocycles. The number of rotatable bonds is 4. The molecular weight excluding hydrogens is 608 g/mol. The van der Waals surface area contributed by atoms with Gasteiger partial charge in [0.25, 0.3) is 0 Å². The van der Waals surface area contributed by atoms with Crippen LogP contribution in [0.1, 0.15) is 88.8 Å². The maximum atomic E-state index is 5.77. The summed E-state index contributed by atoms with van der Waals surface area (Å²) in [6.07, 6.45) is 5.95. The van der Waals surface area contributed by atoms with Crippen LogP contribution in [0.4, 0.5) is 0 Å². The molecule has 2 aliphatic rings. The van der Waals surface area contributed by atoms with Crippen LogP contribution in [0.15, 0.2) is 99.9 Å². The van der Waals surface area contributed by atoms with Crippen LogP contribution in [-0.4, -0.2) is 4.21 Å². The van der Waals surface area contributed by atoms with Crippen LogP contribution in [0.5, 0.6) is 0 Å². The zero-order valence-corrected chi connectivity index (χ0v) is 31.1. The van der Waals surface area contributed by atoms with E-state index >= 15 is 0 Å². The van der Waals surface area contributed by atoms with E-state index in [0.29, 0.717) is 5.92 Å². The van der Waals surface area contributed by atoms with Gasteiger partial charge in [0.1, 0.15) is 0 Å². The second kappa shape index (κ2) is 10.3. The molecule has 0 heterocycles. The number of hydrogen-bond acceptors (Lipinski definition) is 0. The van der Waals surface area contributed by atoms with E-state index in [0.717, 1.165) is 6.42 Å². The van der Waals surface area contributed by atoms with Crippen LogP contribution in [0.25, 0.3) is 11.1 Å². The summed E-state index contributed by atoms with van der Waals surface area (Å²) >= 11 is -4.85. The van der Waals surface area contributed by atoms with E-state index in [2.05, 4.69) is 160 Å². The molecule has 0 radical (unpaired) electrons. The van der Waals surface area contributed by atoms with Crippen molar-refractivity contribution in [3.63, 3.8) is 0 Å². The predicted molar refractivity (Wildman–Crippen MR) is 191 cm³/mol. The molecule has 44 heavy (non-hydrogen) atoms. The maximum absolute atomic E-state index is 5.77. The predicted octanol–water partition coefficient (Wildman–Crippen LogP) is 9.35. The second-order valence-corrected chi connectivity index (χ2v) is 28.8. The first-order valence-electron chi connectivity index (χ1n) is 16.4. The quantitative estimate of drug-likeness (QED) is 0.181. The van der Waals surface area contributed by atoms with Crippen molar-refractivity contribution in [2.24, 2.45) is 5.92 Å². The van der Waals surface area contributed by atoms with Crippen LogP contribution in [-0.2, 0) is 35.5 Å². The Hall–Kier alpha value is -2.89. The molecule has 0 amide bonds. The summed E-state index contributed by atoms with van der Waals surface area (Å²) in [6, 6.07) is 31.4. The van der Waals surface area contributed by atoms with Crippen molar-refractivity contribution in [1.29, 1.82) is 0 Å². The summed E-state index contributed by atoms with van der Waals surface area (Å²) in [7, 11) is 0. The van der Waals surface area contributed by atoms with Crippen LogP contribution < -0.4 is 9.81 Å². The summed E-state index contributed by atoms with van der Waals surface area (Å²) in [5, 5.41) is 0. The Morgan fingerprint density at radius 3 is 1.66 bits per heavy atom. The number of aryl methyl sites for hydroxylation is 2. The van der Waals surface area contributed by atoms with Crippen LogP contribution in [0.2, 0.25) is 0 Å². The van der Waals surface area contributed by atoms with Crippen molar-refractivity contribution < 1.29 is 18.3 Å². The molecule has 1 unspecified atom stereocenters. The summed E-state index contributed by atoms with van der Waals surface area (Å²) in [6.45, 7) is 23.2. The molecule has 4 aromatic carbocycles. The van der Waals surface area contributed by atoms with Crippen LogP contribution in [0, 0.1) is 19.8 Å². The van der Waals surface area contributed by atoms with E-state index < -0.39 is 18.3 Å². The van der Waals surface area contributed by atoms with Gasteiger partial charge in [0, 0.05) is 0 Å². The molecule has 0 saturated heterocycles. The third-order valence-electron chi connectivity index (χ3n) is 10.7. The van der Waals surface area contributed by atoms with E-state index in [1.165, 1.54) is 59.9 Å². The van der Waals surface area contributed by atoms with Crippen LogP contribution in [0.3, 0.4) is 0 Å². The summed E-state index contributed by atoms with van der Waals surface area (Å²) in [4.78, 5) is 0. The Balaban J connectivity index is 1.84. The van der Waals surface area contributed by atoms with E-state index in [-0.39, 0.29) is 10.8 Å². The molecule has 0 bridgehead atoms. The summed E-state index contributed by atoms with van der Waals surface area (Å²) in [5.74, 6) is 0.325. The average Bonchev–Trinajstić information content (AvgIpc) is 3.50. The van der Waals surface area contributed by atoms with Crippen LogP contribution >= 0.6 is 0 Å². The first-order chi connectivity index (χ1) is 20.5. The molecule has 0 aliphatic heterocycles. The van der Waals surface area contributed by atoms with Crippen molar-refractivity contribution in [1.82, 2.24) is 0 Å². The molecule has 0 aromatic heterocycles. The molecule has 4 aromatic rings. The monoisotopic (exact) mass is 656 g/mol. The Labute approximate surface area is 267 Å². The summed E-state index contributed by atoms with van der Waals surface area (Å²) < 4.78 is 11.7. The van der Waals surface area contributed by atoms with Gasteiger partial charge in [0.15, 0.2) is 0 Å². The van der Waals surface area contributed by atoms with Gasteiger partial charge in [-0.2, -0.15) is 0 Å². The molecule has 0 nitrogen and oxygen atoms in total. The third-order valence-corrected chi connectivity index (χ3v) is 27.3. The molecule has 2 aliphatic carbocycles. The summed E-state index contributed by atoms with van der Waals surface area (Å²) in [5.41, 5.74) is 12.6. The Bertz CT molecular complexity index is 1860. The van der Waals surface area contributed by atoms with E-state index in [4.69, 9.17) is 4.21 Å². The molecule has 1 heteroatoms. The SMILES string of the molecule is [CH2]=[Zr]([C]1=CC(C)=CC1C)([c]1ccc(C)cc1)([c]1ccc(C)cc1)[c]1cc(C(C)(C)C)cc2c1Cc1ccc(C(C)(C)C)cc1-2. The molecule has 1 atom stereocenters. The first-order valence-corrected chi connectivity index (χ1v) is 23.1. The number of benzene rings is 4. The van der Waals surface area contributed by atoms with Gasteiger partial charge < -0.3 is 0 Å². The molecular formula is C43H50Zr. The zero-order valence-electron chi connectivity index (χ0n) is 28.7. The van der Waals surface area contributed by atoms with Gasteiger partial charge in [0.05, 0.1) is 0 Å². The number of hydrogen-bond donors (Lipinski definition) is 0. The van der Waals surface area contributed by atoms with E-state index in [9.17, 15) is 0 Å². The van der Waals surface area contributed by atoms with Crippen molar-refractivity contribution in [2.75, 3.05) is 0 Å². The van der Waals surface area contributed by atoms with Gasteiger partial charge in [-0.25, -0.2) is 0 Å².